The third-order valence-corrected chi connectivity index (χ3v) is 6.02. The molecule has 0 bridgehead atoms. The van der Waals surface area contributed by atoms with Crippen LogP contribution in [0.25, 0.3) is 10.9 Å². The first-order chi connectivity index (χ1) is 14.6. The van der Waals surface area contributed by atoms with Gasteiger partial charge in [0.05, 0.1) is 5.92 Å². The lowest BCUT2D eigenvalue weighted by Gasteiger charge is -2.32. The lowest BCUT2D eigenvalue weighted by Crippen LogP contribution is -2.45. The van der Waals surface area contributed by atoms with E-state index >= 15 is 0 Å². The second-order valence-electron chi connectivity index (χ2n) is 7.89. The molecule has 156 valence electrons. The highest BCUT2D eigenvalue weighted by Crippen LogP contribution is 2.21. The normalized spacial score (nSPS) is 16.6. The van der Waals surface area contributed by atoms with Gasteiger partial charge in [-0.15, -0.1) is 0 Å². The highest BCUT2D eigenvalue weighted by Gasteiger charge is 2.28. The van der Waals surface area contributed by atoms with Gasteiger partial charge in [-0.05, 0) is 48.6 Å². The Morgan fingerprint density at radius 2 is 2.03 bits per heavy atom. The number of likely N-dealkylation sites (tertiary alicyclic amines) is 1. The standard InChI is InChI=1S/C24H26ClN3O2/c25-20-7-3-5-17(13-20)14-27-24(30)19-6-4-12-28(16-19)23(29)11-10-18-15-26-22-9-2-1-8-21(18)22/h1-3,5,7-9,13,15,19,26H,4,6,10-12,14,16H2,(H,27,30)/t19-/m1/s1. The summed E-state index contributed by atoms with van der Waals surface area (Å²) in [5, 5.41) is 4.82. The van der Waals surface area contributed by atoms with Crippen LogP contribution in [-0.2, 0) is 22.6 Å². The SMILES string of the molecule is O=C(NCc1cccc(Cl)c1)[C@@H]1CCCN(C(=O)CCc2c[nH]c3ccccc23)C1. The van der Waals surface area contributed by atoms with Gasteiger partial charge in [-0.3, -0.25) is 9.59 Å². The average Bonchev–Trinajstić information content (AvgIpc) is 3.19. The Morgan fingerprint density at radius 1 is 1.17 bits per heavy atom. The van der Waals surface area contributed by atoms with Crippen molar-refractivity contribution in [2.24, 2.45) is 5.92 Å². The molecule has 2 heterocycles. The van der Waals surface area contributed by atoms with E-state index in [0.29, 0.717) is 31.0 Å². The Balaban J connectivity index is 1.29. The van der Waals surface area contributed by atoms with E-state index in [9.17, 15) is 9.59 Å². The highest BCUT2D eigenvalue weighted by molar-refractivity contribution is 6.30. The van der Waals surface area contributed by atoms with Gasteiger partial charge in [0.15, 0.2) is 0 Å². The first-order valence-electron chi connectivity index (χ1n) is 10.4. The van der Waals surface area contributed by atoms with Crippen LogP contribution in [0.1, 0.15) is 30.4 Å². The average molecular weight is 424 g/mol. The molecule has 0 radical (unpaired) electrons. The molecule has 0 unspecified atom stereocenters. The van der Waals surface area contributed by atoms with Crippen molar-refractivity contribution in [3.8, 4) is 0 Å². The Bertz CT molecular complexity index is 1050. The number of para-hydroxylation sites is 1. The zero-order valence-electron chi connectivity index (χ0n) is 16.9. The molecule has 2 aromatic carbocycles. The highest BCUT2D eigenvalue weighted by atomic mass is 35.5. The Hall–Kier alpha value is -2.79. The van der Waals surface area contributed by atoms with Crippen LogP contribution in [0.5, 0.6) is 0 Å². The number of amides is 2. The predicted octanol–water partition coefficient (Wildman–Crippen LogP) is 4.31. The fourth-order valence-electron chi connectivity index (χ4n) is 4.14. The number of benzene rings is 2. The number of piperidine rings is 1. The summed E-state index contributed by atoms with van der Waals surface area (Å²) in [6.45, 7) is 1.67. The monoisotopic (exact) mass is 423 g/mol. The van der Waals surface area contributed by atoms with E-state index < -0.39 is 0 Å². The Kier molecular flexibility index (Phi) is 6.38. The van der Waals surface area contributed by atoms with Crippen LogP contribution >= 0.6 is 11.6 Å². The fraction of sp³-hybridized carbons (Fsp3) is 0.333. The topological polar surface area (TPSA) is 65.2 Å². The van der Waals surface area contributed by atoms with Crippen molar-refractivity contribution in [2.75, 3.05) is 13.1 Å². The minimum atomic E-state index is -0.157. The number of carbonyl (C=O) groups is 2. The van der Waals surface area contributed by atoms with Gasteiger partial charge in [-0.2, -0.15) is 0 Å². The van der Waals surface area contributed by atoms with Crippen molar-refractivity contribution in [3.63, 3.8) is 0 Å². The molecule has 1 atom stereocenters. The van der Waals surface area contributed by atoms with Crippen molar-refractivity contribution in [1.29, 1.82) is 0 Å². The quantitative estimate of drug-likeness (QED) is 0.620. The molecule has 2 amide bonds. The summed E-state index contributed by atoms with van der Waals surface area (Å²) in [6, 6.07) is 15.6. The van der Waals surface area contributed by atoms with Gasteiger partial charge in [0.2, 0.25) is 11.8 Å². The second kappa shape index (κ2) is 9.35. The number of halogens is 1. The van der Waals surface area contributed by atoms with Gasteiger partial charge in [0, 0.05) is 48.2 Å². The summed E-state index contributed by atoms with van der Waals surface area (Å²) in [5.41, 5.74) is 3.22. The molecular weight excluding hydrogens is 398 g/mol. The van der Waals surface area contributed by atoms with Crippen LogP contribution in [0.3, 0.4) is 0 Å². The number of H-pyrrole nitrogens is 1. The number of aromatic nitrogens is 1. The minimum Gasteiger partial charge on any atom is -0.361 e. The van der Waals surface area contributed by atoms with E-state index in [2.05, 4.69) is 16.4 Å². The molecule has 1 aromatic heterocycles. The van der Waals surface area contributed by atoms with Gasteiger partial charge in [0.1, 0.15) is 0 Å². The van der Waals surface area contributed by atoms with Crippen LogP contribution in [0.4, 0.5) is 0 Å². The Labute approximate surface area is 181 Å². The van der Waals surface area contributed by atoms with Crippen molar-refractivity contribution in [2.45, 2.75) is 32.2 Å². The first kappa shape index (κ1) is 20.5. The molecule has 0 spiro atoms. The third kappa shape index (κ3) is 4.85. The molecule has 1 aliphatic rings. The summed E-state index contributed by atoms with van der Waals surface area (Å²) in [4.78, 5) is 30.5. The molecule has 1 aliphatic heterocycles. The number of nitrogens with zero attached hydrogens (tertiary/aromatic N) is 1. The number of hydrogen-bond acceptors (Lipinski definition) is 2. The summed E-state index contributed by atoms with van der Waals surface area (Å²) in [6.07, 6.45) is 4.81. The summed E-state index contributed by atoms with van der Waals surface area (Å²) in [7, 11) is 0. The van der Waals surface area contributed by atoms with E-state index in [1.807, 2.05) is 53.6 Å². The summed E-state index contributed by atoms with van der Waals surface area (Å²) >= 11 is 6.00. The largest absolute Gasteiger partial charge is 0.361 e. The summed E-state index contributed by atoms with van der Waals surface area (Å²) < 4.78 is 0. The molecule has 1 saturated heterocycles. The van der Waals surface area contributed by atoms with Crippen LogP contribution in [-0.4, -0.2) is 34.8 Å². The molecule has 4 rings (SSSR count). The van der Waals surface area contributed by atoms with E-state index in [4.69, 9.17) is 11.6 Å². The zero-order chi connectivity index (χ0) is 20.9. The minimum absolute atomic E-state index is 0.00380. The number of aromatic amines is 1. The molecule has 3 aromatic rings. The van der Waals surface area contributed by atoms with Gasteiger partial charge in [-0.25, -0.2) is 0 Å². The van der Waals surface area contributed by atoms with Crippen LogP contribution < -0.4 is 5.32 Å². The zero-order valence-corrected chi connectivity index (χ0v) is 17.6. The van der Waals surface area contributed by atoms with Crippen LogP contribution in [0.15, 0.2) is 54.7 Å². The third-order valence-electron chi connectivity index (χ3n) is 5.78. The van der Waals surface area contributed by atoms with Gasteiger partial charge < -0.3 is 15.2 Å². The summed E-state index contributed by atoms with van der Waals surface area (Å²) in [5.74, 6) is -0.0355. The van der Waals surface area contributed by atoms with Crippen molar-refractivity contribution in [1.82, 2.24) is 15.2 Å². The van der Waals surface area contributed by atoms with Crippen LogP contribution in [0.2, 0.25) is 5.02 Å². The first-order valence-corrected chi connectivity index (χ1v) is 10.8. The number of fused-ring (bicyclic) bond motifs is 1. The predicted molar refractivity (Wildman–Crippen MR) is 119 cm³/mol. The van der Waals surface area contributed by atoms with E-state index in [-0.39, 0.29) is 17.7 Å². The van der Waals surface area contributed by atoms with Gasteiger partial charge in [0.25, 0.3) is 0 Å². The number of rotatable bonds is 6. The smallest absolute Gasteiger partial charge is 0.225 e. The maximum atomic E-state index is 12.8. The van der Waals surface area contributed by atoms with Crippen molar-refractivity contribution >= 4 is 34.3 Å². The molecule has 6 heteroatoms. The van der Waals surface area contributed by atoms with E-state index in [1.54, 1.807) is 0 Å². The molecule has 30 heavy (non-hydrogen) atoms. The lowest BCUT2D eigenvalue weighted by molar-refractivity contribution is -0.135. The molecule has 0 saturated carbocycles. The number of nitrogens with one attached hydrogen (secondary N) is 2. The van der Waals surface area contributed by atoms with E-state index in [1.165, 1.54) is 5.39 Å². The van der Waals surface area contributed by atoms with Gasteiger partial charge in [-0.1, -0.05) is 41.9 Å². The van der Waals surface area contributed by atoms with Crippen LogP contribution in [0, 0.1) is 5.92 Å². The van der Waals surface area contributed by atoms with E-state index in [0.717, 1.165) is 36.0 Å². The number of hydrogen-bond donors (Lipinski definition) is 2. The van der Waals surface area contributed by atoms with Gasteiger partial charge >= 0.3 is 0 Å². The maximum Gasteiger partial charge on any atom is 0.225 e. The molecule has 1 fully saturated rings. The second-order valence-corrected chi connectivity index (χ2v) is 8.32. The fourth-order valence-corrected chi connectivity index (χ4v) is 4.35. The molecule has 5 nitrogen and oxygen atoms in total. The Morgan fingerprint density at radius 3 is 2.90 bits per heavy atom. The number of aryl methyl sites for hydroxylation is 1. The molecule has 0 aliphatic carbocycles. The maximum absolute atomic E-state index is 12.8. The van der Waals surface area contributed by atoms with Crippen molar-refractivity contribution in [3.05, 3.63) is 70.9 Å². The lowest BCUT2D eigenvalue weighted by atomic mass is 9.96. The molecule has 2 N–H and O–H groups in total. The van der Waals surface area contributed by atoms with Crippen molar-refractivity contribution < 1.29 is 9.59 Å². The number of carbonyl (C=O) groups excluding carboxylic acids is 2. The molecular formula is C24H26ClN3O2.